The molecule has 0 aliphatic heterocycles. The van der Waals surface area contributed by atoms with Crippen molar-refractivity contribution < 1.29 is 0 Å². The molecule has 1 aromatic carbocycles. The van der Waals surface area contributed by atoms with Gasteiger partial charge in [0, 0.05) is 10.2 Å². The van der Waals surface area contributed by atoms with E-state index in [0.717, 1.165) is 10.2 Å². The molecule has 2 aromatic rings. The van der Waals surface area contributed by atoms with Crippen LogP contribution >= 0.6 is 15.9 Å². The van der Waals surface area contributed by atoms with Gasteiger partial charge in [-0.15, -0.1) is 0 Å². The van der Waals surface area contributed by atoms with E-state index >= 15 is 0 Å². The molecule has 0 fully saturated rings. The van der Waals surface area contributed by atoms with Crippen molar-refractivity contribution in [3.05, 3.63) is 35.1 Å². The van der Waals surface area contributed by atoms with Crippen LogP contribution in [0.1, 0.15) is 0 Å². The SMILES string of the molecule is Nc1ncnc(Nc2cccc(Br)c2)n1. The summed E-state index contributed by atoms with van der Waals surface area (Å²) in [6.45, 7) is 0. The Morgan fingerprint density at radius 2 is 2.13 bits per heavy atom. The van der Waals surface area contributed by atoms with Crippen LogP contribution in [-0.4, -0.2) is 15.0 Å². The second kappa shape index (κ2) is 4.22. The van der Waals surface area contributed by atoms with E-state index < -0.39 is 0 Å². The minimum absolute atomic E-state index is 0.197. The molecule has 0 saturated heterocycles. The molecule has 2 rings (SSSR count). The second-order valence-electron chi connectivity index (χ2n) is 2.80. The molecule has 0 bridgehead atoms. The zero-order valence-corrected chi connectivity index (χ0v) is 9.27. The zero-order chi connectivity index (χ0) is 10.7. The van der Waals surface area contributed by atoms with E-state index in [1.54, 1.807) is 0 Å². The largest absolute Gasteiger partial charge is 0.368 e. The molecule has 76 valence electrons. The van der Waals surface area contributed by atoms with Crippen LogP contribution in [0.15, 0.2) is 35.1 Å². The summed E-state index contributed by atoms with van der Waals surface area (Å²) in [7, 11) is 0. The summed E-state index contributed by atoms with van der Waals surface area (Å²) in [6, 6.07) is 7.68. The van der Waals surface area contributed by atoms with Crippen LogP contribution in [0.4, 0.5) is 17.6 Å². The van der Waals surface area contributed by atoms with Crippen LogP contribution in [0.2, 0.25) is 0 Å². The first kappa shape index (κ1) is 9.85. The number of aromatic nitrogens is 3. The number of rotatable bonds is 2. The van der Waals surface area contributed by atoms with Gasteiger partial charge in [-0.25, -0.2) is 9.97 Å². The lowest BCUT2D eigenvalue weighted by atomic mass is 10.3. The van der Waals surface area contributed by atoms with Crippen LogP contribution in [0.5, 0.6) is 0 Å². The van der Waals surface area contributed by atoms with Gasteiger partial charge in [-0.05, 0) is 18.2 Å². The molecule has 15 heavy (non-hydrogen) atoms. The van der Waals surface area contributed by atoms with Gasteiger partial charge in [-0.1, -0.05) is 22.0 Å². The number of nitrogen functional groups attached to an aromatic ring is 1. The Morgan fingerprint density at radius 1 is 1.27 bits per heavy atom. The molecule has 0 aliphatic rings. The molecule has 0 amide bonds. The maximum Gasteiger partial charge on any atom is 0.231 e. The van der Waals surface area contributed by atoms with Crippen molar-refractivity contribution in [3.8, 4) is 0 Å². The lowest BCUT2D eigenvalue weighted by molar-refractivity contribution is 1.07. The van der Waals surface area contributed by atoms with Gasteiger partial charge in [-0.2, -0.15) is 4.98 Å². The maximum absolute atomic E-state index is 5.43. The predicted molar refractivity (Wildman–Crippen MR) is 61.7 cm³/mol. The minimum atomic E-state index is 0.197. The number of nitrogens with zero attached hydrogens (tertiary/aromatic N) is 3. The van der Waals surface area contributed by atoms with Crippen molar-refractivity contribution in [1.29, 1.82) is 0 Å². The van der Waals surface area contributed by atoms with E-state index in [0.29, 0.717) is 5.95 Å². The molecule has 1 heterocycles. The molecule has 0 radical (unpaired) electrons. The molecule has 6 heteroatoms. The van der Waals surface area contributed by atoms with E-state index in [4.69, 9.17) is 5.73 Å². The smallest absolute Gasteiger partial charge is 0.231 e. The minimum Gasteiger partial charge on any atom is -0.368 e. The molecular weight excluding hydrogens is 258 g/mol. The number of nitrogens with one attached hydrogen (secondary N) is 1. The number of halogens is 1. The van der Waals surface area contributed by atoms with Crippen LogP contribution in [-0.2, 0) is 0 Å². The van der Waals surface area contributed by atoms with Crippen molar-refractivity contribution >= 4 is 33.5 Å². The highest BCUT2D eigenvalue weighted by atomic mass is 79.9. The molecule has 3 N–H and O–H groups in total. The Labute approximate surface area is 94.9 Å². The monoisotopic (exact) mass is 265 g/mol. The van der Waals surface area contributed by atoms with E-state index in [-0.39, 0.29) is 5.95 Å². The molecule has 0 atom stereocenters. The summed E-state index contributed by atoms with van der Waals surface area (Å²) < 4.78 is 0.981. The second-order valence-corrected chi connectivity index (χ2v) is 3.72. The fourth-order valence-corrected chi connectivity index (χ4v) is 1.46. The highest BCUT2D eigenvalue weighted by Gasteiger charge is 1.98. The average molecular weight is 266 g/mol. The fourth-order valence-electron chi connectivity index (χ4n) is 1.06. The number of anilines is 3. The van der Waals surface area contributed by atoms with Gasteiger partial charge >= 0.3 is 0 Å². The maximum atomic E-state index is 5.43. The van der Waals surface area contributed by atoms with Gasteiger partial charge < -0.3 is 11.1 Å². The Morgan fingerprint density at radius 3 is 2.87 bits per heavy atom. The number of nitrogens with two attached hydrogens (primary N) is 1. The standard InChI is InChI=1S/C9H8BrN5/c10-6-2-1-3-7(4-6)14-9-13-5-12-8(11)15-9/h1-5H,(H3,11,12,13,14,15). The third-order valence-corrected chi connectivity index (χ3v) is 2.16. The first-order chi connectivity index (χ1) is 7.24. The van der Waals surface area contributed by atoms with E-state index in [1.807, 2.05) is 24.3 Å². The summed E-state index contributed by atoms with van der Waals surface area (Å²) >= 11 is 3.37. The van der Waals surface area contributed by atoms with Gasteiger partial charge in [0.05, 0.1) is 0 Å². The summed E-state index contributed by atoms with van der Waals surface area (Å²) in [5, 5.41) is 3.01. The predicted octanol–water partition coefficient (Wildman–Crippen LogP) is 1.96. The number of benzene rings is 1. The third-order valence-electron chi connectivity index (χ3n) is 1.67. The topological polar surface area (TPSA) is 76.7 Å². The van der Waals surface area contributed by atoms with E-state index in [9.17, 15) is 0 Å². The number of hydrogen-bond acceptors (Lipinski definition) is 5. The van der Waals surface area contributed by atoms with Gasteiger partial charge in [0.15, 0.2) is 0 Å². The van der Waals surface area contributed by atoms with Crippen molar-refractivity contribution in [3.63, 3.8) is 0 Å². The summed E-state index contributed by atoms with van der Waals surface area (Å²) in [5.41, 5.74) is 6.31. The molecular formula is C9H8BrN5. The lowest BCUT2D eigenvalue weighted by Gasteiger charge is -2.04. The van der Waals surface area contributed by atoms with Gasteiger partial charge in [-0.3, -0.25) is 0 Å². The van der Waals surface area contributed by atoms with Crippen LogP contribution in [0.25, 0.3) is 0 Å². The lowest BCUT2D eigenvalue weighted by Crippen LogP contribution is -2.01. The molecule has 0 saturated carbocycles. The van der Waals surface area contributed by atoms with Crippen molar-refractivity contribution in [2.75, 3.05) is 11.1 Å². The molecule has 0 aliphatic carbocycles. The summed E-state index contributed by atoms with van der Waals surface area (Å²) in [6.07, 6.45) is 1.36. The quantitative estimate of drug-likeness (QED) is 0.868. The van der Waals surface area contributed by atoms with Crippen molar-refractivity contribution in [2.45, 2.75) is 0 Å². The Balaban J connectivity index is 2.22. The van der Waals surface area contributed by atoms with Crippen LogP contribution in [0, 0.1) is 0 Å². The zero-order valence-electron chi connectivity index (χ0n) is 7.68. The molecule has 0 unspecified atom stereocenters. The Hall–Kier alpha value is -1.69. The Bertz CT molecular complexity index is 430. The van der Waals surface area contributed by atoms with Gasteiger partial charge in [0.25, 0.3) is 0 Å². The van der Waals surface area contributed by atoms with Crippen molar-refractivity contribution in [2.24, 2.45) is 0 Å². The normalized spacial score (nSPS) is 9.93. The first-order valence-corrected chi connectivity index (χ1v) is 5.00. The molecule has 0 spiro atoms. The third kappa shape index (κ3) is 2.63. The van der Waals surface area contributed by atoms with Crippen LogP contribution in [0.3, 0.4) is 0 Å². The van der Waals surface area contributed by atoms with Gasteiger partial charge in [0.1, 0.15) is 6.33 Å². The molecule has 1 aromatic heterocycles. The summed E-state index contributed by atoms with van der Waals surface area (Å²) in [5.74, 6) is 0.628. The van der Waals surface area contributed by atoms with Crippen molar-refractivity contribution in [1.82, 2.24) is 15.0 Å². The average Bonchev–Trinajstić information content (AvgIpc) is 2.17. The summed E-state index contributed by atoms with van der Waals surface area (Å²) in [4.78, 5) is 11.6. The Kier molecular flexibility index (Phi) is 2.77. The fraction of sp³-hybridized carbons (Fsp3) is 0. The van der Waals surface area contributed by atoms with Crippen LogP contribution < -0.4 is 11.1 Å². The number of hydrogen-bond donors (Lipinski definition) is 2. The first-order valence-electron chi connectivity index (χ1n) is 4.21. The molecule has 5 nitrogen and oxygen atoms in total. The van der Waals surface area contributed by atoms with E-state index in [1.165, 1.54) is 6.33 Å². The highest BCUT2D eigenvalue weighted by molar-refractivity contribution is 9.10. The van der Waals surface area contributed by atoms with E-state index in [2.05, 4.69) is 36.2 Å². The van der Waals surface area contributed by atoms with Gasteiger partial charge in [0.2, 0.25) is 11.9 Å². The highest BCUT2D eigenvalue weighted by Crippen LogP contribution is 2.18.